The van der Waals surface area contributed by atoms with Gasteiger partial charge in [0.25, 0.3) is 0 Å². The van der Waals surface area contributed by atoms with Crippen LogP contribution in [0.2, 0.25) is 0 Å². The Morgan fingerprint density at radius 3 is 2.74 bits per heavy atom. The summed E-state index contributed by atoms with van der Waals surface area (Å²) in [4.78, 5) is 12.7. The van der Waals surface area contributed by atoms with E-state index in [1.807, 2.05) is 53.3 Å². The van der Waals surface area contributed by atoms with Crippen LogP contribution in [0.3, 0.4) is 0 Å². The molecule has 0 amide bonds. The molecule has 6 heteroatoms. The van der Waals surface area contributed by atoms with Crippen LogP contribution in [-0.4, -0.2) is 24.7 Å². The van der Waals surface area contributed by atoms with Crippen molar-refractivity contribution in [3.05, 3.63) is 84.9 Å². The second-order valence-electron chi connectivity index (χ2n) is 6.22. The molecule has 0 radical (unpaired) electrons. The molecule has 0 aliphatic carbocycles. The Morgan fingerprint density at radius 2 is 1.81 bits per heavy atom. The number of pyridine rings is 1. The highest BCUT2D eigenvalue weighted by Gasteiger charge is 2.07. The molecule has 5 rings (SSSR count). The number of fused-ring (bicyclic) bond motifs is 2. The SMILES string of the molecule is c1ccc(Cn2cc3ccc(Oc4ncc5ccncc5n4)cc3n2)cc1. The van der Waals surface area contributed by atoms with E-state index < -0.39 is 0 Å². The molecule has 27 heavy (non-hydrogen) atoms. The van der Waals surface area contributed by atoms with Gasteiger partial charge in [0, 0.05) is 35.4 Å². The summed E-state index contributed by atoms with van der Waals surface area (Å²) in [5, 5.41) is 6.63. The zero-order chi connectivity index (χ0) is 18.1. The fourth-order valence-electron chi connectivity index (χ4n) is 2.97. The van der Waals surface area contributed by atoms with Crippen molar-refractivity contribution >= 4 is 21.8 Å². The maximum atomic E-state index is 5.82. The lowest BCUT2D eigenvalue weighted by molar-refractivity contribution is 0.445. The van der Waals surface area contributed by atoms with Crippen molar-refractivity contribution in [3.8, 4) is 11.8 Å². The molecule has 2 aromatic carbocycles. The topological polar surface area (TPSA) is 65.7 Å². The highest BCUT2D eigenvalue weighted by atomic mass is 16.5. The lowest BCUT2D eigenvalue weighted by Gasteiger charge is -2.04. The van der Waals surface area contributed by atoms with Gasteiger partial charge >= 0.3 is 6.01 Å². The first-order chi connectivity index (χ1) is 13.3. The molecular formula is C21H15N5O. The van der Waals surface area contributed by atoms with Crippen molar-refractivity contribution in [2.75, 3.05) is 0 Å². The Labute approximate surface area is 155 Å². The van der Waals surface area contributed by atoms with Gasteiger partial charge in [-0.2, -0.15) is 10.1 Å². The van der Waals surface area contributed by atoms with Crippen molar-refractivity contribution < 1.29 is 4.74 Å². The van der Waals surface area contributed by atoms with Crippen molar-refractivity contribution in [1.82, 2.24) is 24.7 Å². The van der Waals surface area contributed by atoms with Crippen LogP contribution < -0.4 is 4.74 Å². The minimum absolute atomic E-state index is 0.290. The smallest absolute Gasteiger partial charge is 0.322 e. The maximum absolute atomic E-state index is 5.82. The predicted molar refractivity (Wildman–Crippen MR) is 103 cm³/mol. The molecule has 0 fully saturated rings. The third-order valence-electron chi connectivity index (χ3n) is 4.29. The number of hydrogen-bond acceptors (Lipinski definition) is 5. The first-order valence-electron chi connectivity index (χ1n) is 8.59. The summed E-state index contributed by atoms with van der Waals surface area (Å²) in [6, 6.07) is 18.2. The Bertz CT molecular complexity index is 1230. The molecule has 3 aromatic heterocycles. The van der Waals surface area contributed by atoms with Crippen molar-refractivity contribution in [2.45, 2.75) is 6.54 Å². The summed E-state index contributed by atoms with van der Waals surface area (Å²) >= 11 is 0. The number of rotatable bonds is 4. The molecule has 0 atom stereocenters. The van der Waals surface area contributed by atoms with E-state index >= 15 is 0 Å². The van der Waals surface area contributed by atoms with Crippen LogP contribution in [0, 0.1) is 0 Å². The zero-order valence-corrected chi connectivity index (χ0v) is 14.4. The fourth-order valence-corrected chi connectivity index (χ4v) is 2.97. The largest absolute Gasteiger partial charge is 0.424 e. The number of hydrogen-bond donors (Lipinski definition) is 0. The molecule has 0 saturated heterocycles. The van der Waals surface area contributed by atoms with Gasteiger partial charge in [0.1, 0.15) is 5.75 Å². The van der Waals surface area contributed by atoms with E-state index in [0.29, 0.717) is 11.8 Å². The third-order valence-corrected chi connectivity index (χ3v) is 4.29. The van der Waals surface area contributed by atoms with E-state index in [2.05, 4.69) is 32.2 Å². The molecule has 6 nitrogen and oxygen atoms in total. The monoisotopic (exact) mass is 353 g/mol. The normalized spacial score (nSPS) is 11.1. The van der Waals surface area contributed by atoms with Gasteiger partial charge in [-0.25, -0.2) is 4.98 Å². The molecule has 0 spiro atoms. The zero-order valence-electron chi connectivity index (χ0n) is 14.4. The molecule has 5 aromatic rings. The average molecular weight is 353 g/mol. The van der Waals surface area contributed by atoms with E-state index in [4.69, 9.17) is 4.74 Å². The molecular weight excluding hydrogens is 338 g/mol. The molecule has 0 unspecified atom stereocenters. The molecule has 0 bridgehead atoms. The average Bonchev–Trinajstić information content (AvgIpc) is 3.10. The van der Waals surface area contributed by atoms with Crippen LogP contribution in [0.5, 0.6) is 11.8 Å². The van der Waals surface area contributed by atoms with Crippen molar-refractivity contribution in [2.24, 2.45) is 0 Å². The van der Waals surface area contributed by atoms with Crippen molar-refractivity contribution in [3.63, 3.8) is 0 Å². The molecule has 0 aliphatic heterocycles. The predicted octanol–water partition coefficient (Wildman–Crippen LogP) is 4.22. The molecule has 3 heterocycles. The second-order valence-corrected chi connectivity index (χ2v) is 6.22. The summed E-state index contributed by atoms with van der Waals surface area (Å²) < 4.78 is 7.76. The summed E-state index contributed by atoms with van der Waals surface area (Å²) in [5.74, 6) is 0.649. The van der Waals surface area contributed by atoms with Gasteiger partial charge < -0.3 is 4.74 Å². The highest BCUT2D eigenvalue weighted by Crippen LogP contribution is 2.24. The quantitative estimate of drug-likeness (QED) is 0.484. The van der Waals surface area contributed by atoms with Crippen LogP contribution in [0.15, 0.2) is 79.4 Å². The highest BCUT2D eigenvalue weighted by molar-refractivity contribution is 5.80. The number of aromatic nitrogens is 5. The third kappa shape index (κ3) is 3.20. The van der Waals surface area contributed by atoms with Gasteiger partial charge in [-0.3, -0.25) is 9.67 Å². The van der Waals surface area contributed by atoms with E-state index in [-0.39, 0.29) is 0 Å². The standard InChI is InChI=1S/C21H15N5O/c1-2-4-15(5-3-1)13-26-14-17-6-7-18(10-19(17)25-26)27-21-23-11-16-8-9-22-12-20(16)24-21/h1-12,14H,13H2. The molecule has 130 valence electrons. The van der Waals surface area contributed by atoms with E-state index in [9.17, 15) is 0 Å². The van der Waals surface area contributed by atoms with Crippen LogP contribution >= 0.6 is 0 Å². The summed E-state index contributed by atoms with van der Waals surface area (Å²) in [6.45, 7) is 0.729. The van der Waals surface area contributed by atoms with Gasteiger partial charge in [0.05, 0.1) is 23.8 Å². The van der Waals surface area contributed by atoms with Crippen LogP contribution in [0.4, 0.5) is 0 Å². The van der Waals surface area contributed by atoms with Crippen LogP contribution in [0.1, 0.15) is 5.56 Å². The van der Waals surface area contributed by atoms with Gasteiger partial charge in [-0.15, -0.1) is 0 Å². The number of benzene rings is 2. The van der Waals surface area contributed by atoms with Crippen LogP contribution in [0.25, 0.3) is 21.8 Å². The lowest BCUT2D eigenvalue weighted by Crippen LogP contribution is -1.99. The summed E-state index contributed by atoms with van der Waals surface area (Å²) in [7, 11) is 0. The number of ether oxygens (including phenoxy) is 1. The Morgan fingerprint density at radius 1 is 0.889 bits per heavy atom. The van der Waals surface area contributed by atoms with E-state index in [1.54, 1.807) is 18.6 Å². The Kier molecular flexibility index (Phi) is 3.72. The minimum atomic E-state index is 0.290. The molecule has 0 N–H and O–H groups in total. The Balaban J connectivity index is 1.41. The van der Waals surface area contributed by atoms with Gasteiger partial charge in [0.2, 0.25) is 0 Å². The van der Waals surface area contributed by atoms with Gasteiger partial charge in [-0.1, -0.05) is 30.3 Å². The second kappa shape index (κ2) is 6.49. The minimum Gasteiger partial charge on any atom is -0.424 e. The van der Waals surface area contributed by atoms with Crippen molar-refractivity contribution in [1.29, 1.82) is 0 Å². The van der Waals surface area contributed by atoms with E-state index in [0.717, 1.165) is 28.4 Å². The van der Waals surface area contributed by atoms with Gasteiger partial charge in [0.15, 0.2) is 0 Å². The Hall–Kier alpha value is -3.80. The van der Waals surface area contributed by atoms with E-state index in [1.165, 1.54) is 5.56 Å². The van der Waals surface area contributed by atoms with Crippen LogP contribution in [-0.2, 0) is 6.54 Å². The maximum Gasteiger partial charge on any atom is 0.322 e. The molecule has 0 saturated carbocycles. The number of nitrogens with zero attached hydrogens (tertiary/aromatic N) is 5. The fraction of sp³-hybridized carbons (Fsp3) is 0.0476. The first kappa shape index (κ1) is 15.5. The lowest BCUT2D eigenvalue weighted by atomic mass is 10.2. The molecule has 0 aliphatic rings. The van der Waals surface area contributed by atoms with Gasteiger partial charge in [-0.05, 0) is 23.8 Å². The summed E-state index contributed by atoms with van der Waals surface area (Å²) in [5.41, 5.74) is 2.82. The summed E-state index contributed by atoms with van der Waals surface area (Å²) in [6.07, 6.45) is 7.17. The first-order valence-corrected chi connectivity index (χ1v) is 8.59.